The summed E-state index contributed by atoms with van der Waals surface area (Å²) in [5, 5.41) is 3.05. The lowest BCUT2D eigenvalue weighted by Gasteiger charge is -2.22. The predicted octanol–water partition coefficient (Wildman–Crippen LogP) is 3.20. The van der Waals surface area contributed by atoms with Gasteiger partial charge in [0.05, 0.1) is 5.56 Å². The Hall–Kier alpha value is -1.03. The summed E-state index contributed by atoms with van der Waals surface area (Å²) in [6.07, 6.45) is 5.42. The van der Waals surface area contributed by atoms with Crippen LogP contribution in [-0.4, -0.2) is 12.5 Å². The first-order valence-corrected chi connectivity index (χ1v) is 7.76. The van der Waals surface area contributed by atoms with E-state index in [1.807, 2.05) is 6.07 Å². The topological polar surface area (TPSA) is 55.1 Å². The molecule has 4 heteroatoms. The zero-order valence-corrected chi connectivity index (χ0v) is 12.4. The van der Waals surface area contributed by atoms with E-state index in [9.17, 15) is 4.79 Å². The van der Waals surface area contributed by atoms with Crippen molar-refractivity contribution in [3.63, 3.8) is 0 Å². The summed E-state index contributed by atoms with van der Waals surface area (Å²) in [6.45, 7) is 0.801. The molecule has 3 atom stereocenters. The lowest BCUT2D eigenvalue weighted by atomic mass is 9.89. The Morgan fingerprint density at radius 2 is 2.21 bits per heavy atom. The number of anilines is 1. The molecule has 2 fully saturated rings. The van der Waals surface area contributed by atoms with Gasteiger partial charge >= 0.3 is 0 Å². The molecule has 3 nitrogen and oxygen atoms in total. The molecule has 0 aliphatic heterocycles. The van der Waals surface area contributed by atoms with Crippen molar-refractivity contribution in [1.29, 1.82) is 0 Å². The molecular weight excluding hydrogens is 304 g/mol. The van der Waals surface area contributed by atoms with Gasteiger partial charge in [-0.15, -0.1) is 0 Å². The second-order valence-electron chi connectivity index (χ2n) is 5.88. The van der Waals surface area contributed by atoms with Crippen molar-refractivity contribution < 1.29 is 4.79 Å². The van der Waals surface area contributed by atoms with E-state index in [1.165, 1.54) is 25.7 Å². The predicted molar refractivity (Wildman–Crippen MR) is 79.8 cm³/mol. The summed E-state index contributed by atoms with van der Waals surface area (Å²) in [5.74, 6) is 2.39. The van der Waals surface area contributed by atoms with Crippen LogP contribution >= 0.6 is 15.9 Å². The van der Waals surface area contributed by atoms with E-state index in [0.717, 1.165) is 22.9 Å². The van der Waals surface area contributed by atoms with Gasteiger partial charge in [0.1, 0.15) is 0 Å². The zero-order valence-electron chi connectivity index (χ0n) is 10.9. The highest BCUT2D eigenvalue weighted by Crippen LogP contribution is 2.47. The SMILES string of the molecule is Nc1cc(Br)ccc1C(=O)NCC1CC2CCC1C2. The number of benzene rings is 1. The highest BCUT2D eigenvalue weighted by Gasteiger charge is 2.39. The van der Waals surface area contributed by atoms with Crippen molar-refractivity contribution in [2.24, 2.45) is 17.8 Å². The maximum Gasteiger partial charge on any atom is 0.253 e. The van der Waals surface area contributed by atoms with Gasteiger partial charge in [-0.05, 0) is 55.2 Å². The first-order chi connectivity index (χ1) is 9.13. The third-order valence-electron chi connectivity index (χ3n) is 4.67. The fourth-order valence-corrected chi connectivity index (χ4v) is 4.06. The summed E-state index contributed by atoms with van der Waals surface area (Å²) in [5.41, 5.74) is 6.98. The smallest absolute Gasteiger partial charge is 0.253 e. The Kier molecular flexibility index (Phi) is 3.52. The summed E-state index contributed by atoms with van der Waals surface area (Å²) in [4.78, 5) is 12.1. The van der Waals surface area contributed by atoms with E-state index in [2.05, 4.69) is 21.2 Å². The quantitative estimate of drug-likeness (QED) is 0.839. The molecule has 3 rings (SSSR count). The molecule has 0 aromatic heterocycles. The van der Waals surface area contributed by atoms with E-state index in [4.69, 9.17) is 5.73 Å². The molecule has 2 saturated carbocycles. The van der Waals surface area contributed by atoms with Crippen molar-refractivity contribution in [2.45, 2.75) is 25.7 Å². The van der Waals surface area contributed by atoms with E-state index in [1.54, 1.807) is 12.1 Å². The van der Waals surface area contributed by atoms with Gasteiger partial charge in [-0.25, -0.2) is 0 Å². The Labute approximate surface area is 122 Å². The van der Waals surface area contributed by atoms with E-state index in [-0.39, 0.29) is 5.91 Å². The number of fused-ring (bicyclic) bond motifs is 2. The largest absolute Gasteiger partial charge is 0.398 e. The van der Waals surface area contributed by atoms with Crippen LogP contribution in [0, 0.1) is 17.8 Å². The third-order valence-corrected chi connectivity index (χ3v) is 5.16. The molecule has 1 amide bonds. The van der Waals surface area contributed by atoms with Gasteiger partial charge in [0.25, 0.3) is 5.91 Å². The van der Waals surface area contributed by atoms with Crippen LogP contribution in [0.25, 0.3) is 0 Å². The number of nitrogens with one attached hydrogen (secondary N) is 1. The minimum absolute atomic E-state index is 0.0484. The molecule has 2 aliphatic carbocycles. The van der Waals surface area contributed by atoms with Crippen LogP contribution in [0.2, 0.25) is 0 Å². The summed E-state index contributed by atoms with van der Waals surface area (Å²) < 4.78 is 0.898. The Morgan fingerprint density at radius 1 is 1.37 bits per heavy atom. The average molecular weight is 323 g/mol. The van der Waals surface area contributed by atoms with Crippen molar-refractivity contribution >= 4 is 27.5 Å². The maximum absolute atomic E-state index is 12.1. The van der Waals surface area contributed by atoms with Gasteiger partial charge in [0.2, 0.25) is 0 Å². The molecule has 3 N–H and O–H groups in total. The number of rotatable bonds is 3. The fourth-order valence-electron chi connectivity index (χ4n) is 3.69. The summed E-state index contributed by atoms with van der Waals surface area (Å²) in [6, 6.07) is 5.39. The number of hydrogen-bond donors (Lipinski definition) is 2. The van der Waals surface area contributed by atoms with Crippen LogP contribution in [0.15, 0.2) is 22.7 Å². The van der Waals surface area contributed by atoms with Crippen molar-refractivity contribution in [2.75, 3.05) is 12.3 Å². The molecule has 0 radical (unpaired) electrons. The summed E-state index contributed by atoms with van der Waals surface area (Å²) >= 11 is 3.35. The Morgan fingerprint density at radius 3 is 2.84 bits per heavy atom. The van der Waals surface area contributed by atoms with Gasteiger partial charge in [0, 0.05) is 16.7 Å². The number of carbonyl (C=O) groups excluding carboxylic acids is 1. The number of hydrogen-bond acceptors (Lipinski definition) is 2. The first-order valence-electron chi connectivity index (χ1n) is 6.96. The molecule has 2 bridgehead atoms. The van der Waals surface area contributed by atoms with Gasteiger partial charge in [-0.3, -0.25) is 4.79 Å². The highest BCUT2D eigenvalue weighted by molar-refractivity contribution is 9.10. The van der Waals surface area contributed by atoms with Crippen molar-refractivity contribution in [1.82, 2.24) is 5.32 Å². The van der Waals surface area contributed by atoms with Gasteiger partial charge in [-0.1, -0.05) is 22.4 Å². The van der Waals surface area contributed by atoms with Crippen LogP contribution in [0.4, 0.5) is 5.69 Å². The second kappa shape index (κ2) is 5.16. The fraction of sp³-hybridized carbons (Fsp3) is 0.533. The maximum atomic E-state index is 12.1. The molecule has 102 valence electrons. The van der Waals surface area contributed by atoms with E-state index >= 15 is 0 Å². The molecular formula is C15H19BrN2O. The Balaban J connectivity index is 1.59. The van der Waals surface area contributed by atoms with Crippen LogP contribution in [0.5, 0.6) is 0 Å². The molecule has 1 aromatic rings. The average Bonchev–Trinajstić information content (AvgIpc) is 2.98. The molecule has 3 unspecified atom stereocenters. The molecule has 19 heavy (non-hydrogen) atoms. The summed E-state index contributed by atoms with van der Waals surface area (Å²) in [7, 11) is 0. The van der Waals surface area contributed by atoms with Crippen LogP contribution < -0.4 is 11.1 Å². The zero-order chi connectivity index (χ0) is 13.4. The van der Waals surface area contributed by atoms with Crippen LogP contribution in [0.3, 0.4) is 0 Å². The van der Waals surface area contributed by atoms with Gasteiger partial charge < -0.3 is 11.1 Å². The number of nitrogens with two attached hydrogens (primary N) is 1. The normalized spacial score (nSPS) is 28.6. The number of nitrogen functional groups attached to an aromatic ring is 1. The van der Waals surface area contributed by atoms with E-state index in [0.29, 0.717) is 17.2 Å². The Bertz CT molecular complexity index is 503. The highest BCUT2D eigenvalue weighted by atomic mass is 79.9. The third kappa shape index (κ3) is 2.64. The lowest BCUT2D eigenvalue weighted by molar-refractivity contribution is 0.0942. The molecule has 0 spiro atoms. The first kappa shape index (κ1) is 13.0. The molecule has 0 saturated heterocycles. The minimum atomic E-state index is -0.0484. The number of carbonyl (C=O) groups is 1. The monoisotopic (exact) mass is 322 g/mol. The second-order valence-corrected chi connectivity index (χ2v) is 6.79. The van der Waals surface area contributed by atoms with E-state index < -0.39 is 0 Å². The lowest BCUT2D eigenvalue weighted by Crippen LogP contribution is -2.32. The van der Waals surface area contributed by atoms with Gasteiger partial charge in [-0.2, -0.15) is 0 Å². The number of amides is 1. The van der Waals surface area contributed by atoms with Crippen molar-refractivity contribution in [3.8, 4) is 0 Å². The molecule has 2 aliphatic rings. The molecule has 1 aromatic carbocycles. The van der Waals surface area contributed by atoms with Crippen molar-refractivity contribution in [3.05, 3.63) is 28.2 Å². The van der Waals surface area contributed by atoms with Crippen LogP contribution in [0.1, 0.15) is 36.0 Å². The minimum Gasteiger partial charge on any atom is -0.398 e. The van der Waals surface area contributed by atoms with Gasteiger partial charge in [0.15, 0.2) is 0 Å². The number of halogens is 1. The van der Waals surface area contributed by atoms with Crippen LogP contribution in [-0.2, 0) is 0 Å². The molecule has 0 heterocycles. The standard InChI is InChI=1S/C15H19BrN2O/c16-12-3-4-13(14(17)7-12)15(19)18-8-11-6-9-1-2-10(11)5-9/h3-4,7,9-11H,1-2,5-6,8,17H2,(H,18,19).